The van der Waals surface area contributed by atoms with Crippen molar-refractivity contribution < 1.29 is 183 Å². The Morgan fingerprint density at radius 2 is 1.07 bits per heavy atom. The Kier molecular flexibility index (Phi) is 39.3. The number of alkyl halides is 1. The number of piperidine rings is 5. The molecule has 1 amide bonds. The molecule has 7 heterocycles. The molecule has 7 aliphatic rings. The van der Waals surface area contributed by atoms with E-state index in [0.29, 0.717) is 36.6 Å². The number of amides is 1. The molecule has 0 spiro atoms. The first-order valence-electron chi connectivity index (χ1n) is 34.5. The van der Waals surface area contributed by atoms with Crippen LogP contribution in [0.5, 0.6) is 11.5 Å². The monoisotopic (exact) mass is 1680 g/mol. The van der Waals surface area contributed by atoms with Crippen LogP contribution in [0.15, 0.2) is 102 Å². The number of likely N-dealkylation sites (tertiary alicyclic amines) is 6. The fourth-order valence-electron chi connectivity index (χ4n) is 14.0. The van der Waals surface area contributed by atoms with E-state index < -0.39 is 5.60 Å². The molecule has 7 fully saturated rings. The second kappa shape index (κ2) is 42.7. The van der Waals surface area contributed by atoms with Gasteiger partial charge in [0.2, 0.25) is 0 Å². The summed E-state index contributed by atoms with van der Waals surface area (Å²) in [7, 11) is 10.8. The second-order valence-corrected chi connectivity index (χ2v) is 32.2. The van der Waals surface area contributed by atoms with Crippen LogP contribution < -0.4 is 153 Å². The molecule has 95 heavy (non-hydrogen) atoms. The zero-order chi connectivity index (χ0) is 68.2. The summed E-state index contributed by atoms with van der Waals surface area (Å²) in [5, 5.41) is 18.1. The van der Waals surface area contributed by atoms with Crippen molar-refractivity contribution in [3.05, 3.63) is 124 Å². The van der Waals surface area contributed by atoms with Crippen molar-refractivity contribution in [3.63, 3.8) is 0 Å². The van der Waals surface area contributed by atoms with Crippen LogP contribution in [-0.2, 0) is 23.7 Å². The number of rotatable bonds is 9. The largest absolute Gasteiger partial charge is 1.00 e. The van der Waals surface area contributed by atoms with Crippen LogP contribution in [0.1, 0.15) is 201 Å². The number of nitrogens with zero attached hydrogens (tertiary/aromatic N) is 6. The number of aromatic hydroxyl groups is 1. The van der Waals surface area contributed by atoms with E-state index in [2.05, 4.69) is 225 Å². The van der Waals surface area contributed by atoms with Crippen LogP contribution in [0.25, 0.3) is 0 Å². The minimum Gasteiger partial charge on any atom is -1.00 e. The molecular weight excluding hydrogens is 1570 g/mol. The smallest absolute Gasteiger partial charge is 1.00 e. The maximum atomic E-state index is 12.5. The molecule has 0 saturated carbocycles. The van der Waals surface area contributed by atoms with E-state index in [9.17, 15) is 9.90 Å². The van der Waals surface area contributed by atoms with Gasteiger partial charge >= 0.3 is 151 Å². The second-order valence-electron chi connectivity index (χ2n) is 30.0. The summed E-state index contributed by atoms with van der Waals surface area (Å²) in [4.78, 5) is 38.5. The van der Waals surface area contributed by atoms with Crippen LogP contribution in [0.4, 0.5) is 4.79 Å². The topological polar surface area (TPSA) is 143 Å². The van der Waals surface area contributed by atoms with Gasteiger partial charge in [-0.05, 0) is 262 Å². The predicted octanol–water partition coefficient (Wildman–Crippen LogP) is 8.93. The number of carbonyl (C=O) groups excluding carboxylic acids is 2. The van der Waals surface area contributed by atoms with E-state index in [1.807, 2.05) is 32.9 Å². The van der Waals surface area contributed by atoms with Crippen molar-refractivity contribution in [2.45, 2.75) is 205 Å². The third kappa shape index (κ3) is 28.9. The molecule has 15 nitrogen and oxygen atoms in total. The Bertz CT molecular complexity index is 2880. The van der Waals surface area contributed by atoms with Gasteiger partial charge in [-0.3, -0.25) is 19.5 Å². The molecule has 0 aromatic heterocycles. The fourth-order valence-corrected chi connectivity index (χ4v) is 15.3. The summed E-state index contributed by atoms with van der Waals surface area (Å²) >= 11 is 7.13. The third-order valence-corrected chi connectivity index (χ3v) is 21.2. The van der Waals surface area contributed by atoms with Gasteiger partial charge in [0.05, 0.1) is 17.2 Å². The molecule has 4 aromatic carbocycles. The summed E-state index contributed by atoms with van der Waals surface area (Å²) in [6, 6.07) is 35.6. The van der Waals surface area contributed by atoms with Crippen LogP contribution in [0.2, 0.25) is 0 Å². The number of phenols is 1. The molecule has 11 rings (SSSR count). The minimum absolute atomic E-state index is 0. The molecule has 0 radical (unpaired) electrons. The molecular formula is C75H117BBr2Cs2N6O9. The maximum Gasteiger partial charge on any atom is 1.00 e. The summed E-state index contributed by atoms with van der Waals surface area (Å²) in [5.41, 5.74) is 5.26. The number of ether oxygens (including phenoxy) is 2. The van der Waals surface area contributed by atoms with Gasteiger partial charge in [-0.15, -0.1) is 0 Å². The SMILES string of the molecule is CN1CCCC(Br)C1.C[C@H]1CC[C@H](c2cccc(B3OC(C)(C)C(C)(C)O3)c2)N(C)C1.C[C@H]1CC[C@H](c2cccc(Br)c2)N(C)C1.C[C@H]1CC[C@H](c2cccc(O)c2)N(C(=O)OC(C)(C)C)C1.C[C@H]1CC[C@H](c2cccc(OC[C@@H]3CCCN3C)c2)N(C)C1.O=CO[O-].[Cs+].[Cs+].[H-]. The molecule has 10 atom stereocenters. The first-order valence-corrected chi connectivity index (χ1v) is 36.2. The van der Waals surface area contributed by atoms with Gasteiger partial charge in [0, 0.05) is 66.2 Å². The van der Waals surface area contributed by atoms with Crippen LogP contribution in [0, 0.1) is 23.7 Å². The summed E-state index contributed by atoms with van der Waals surface area (Å²) in [6.07, 6.45) is 14.7. The van der Waals surface area contributed by atoms with E-state index in [-0.39, 0.29) is 182 Å². The molecule has 4 aromatic rings. The van der Waals surface area contributed by atoms with Gasteiger partial charge in [-0.1, -0.05) is 120 Å². The molecule has 7 saturated heterocycles. The molecule has 0 bridgehead atoms. The van der Waals surface area contributed by atoms with Gasteiger partial charge in [-0.2, -0.15) is 0 Å². The standard InChI is InChI=1S/C19H30BNO2.C19H30N2O.C17H25NO3.C13H18BrN.C6H12BrN.CH2O3.2Cs.H/c1-14-10-11-17(21(6)13-14)15-8-7-9-16(12-15)20-22-18(2,3)19(4,5)23-20;1-15-9-10-19(21(3)13-15)16-6-4-8-18(12-16)22-14-17-7-5-11-20(17)2;1-12-8-9-15(13-6-5-7-14(19)10-13)18(11-12)16(20)21-17(2,3)4;1-10-6-7-13(15(2)9-10)11-4-3-5-12(14)8-11;1-8-4-2-3-6(7)5-8;2-1-4-3;;;/h7-9,12,14,17H,10-11,13H2,1-6H3;4,6,8,12,15,17,19H,5,7,9-11,13-14H2,1-3H3;5-7,10,12,15,19H,8-9,11H2,1-4H3;3-5,8,10,13H,6-7,9H2,1-2H3;6H,2-5H2,1H3;1,3H;;;/q;;;;;;2*+1;-1/p-1/t14-,17+;15-,17-,19+;12-,15+;10-,13+;;;;;/m0000...../s1. The molecule has 7 aliphatic heterocycles. The summed E-state index contributed by atoms with van der Waals surface area (Å²) in [6.45, 7) is 31.9. The van der Waals surface area contributed by atoms with Gasteiger partial charge < -0.3 is 50.2 Å². The normalized spacial score (nSPS) is 27.0. The van der Waals surface area contributed by atoms with Crippen molar-refractivity contribution in [3.8, 4) is 11.5 Å². The quantitative estimate of drug-likeness (QED) is 0.0560. The number of hydrogen-bond donors (Lipinski definition) is 1. The molecule has 0 aliphatic carbocycles. The van der Waals surface area contributed by atoms with Crippen LogP contribution in [-0.4, -0.2) is 170 Å². The van der Waals surface area contributed by atoms with Gasteiger partial charge in [0.1, 0.15) is 23.7 Å². The number of benzene rings is 4. The number of phenolic OH excluding ortho intramolecular Hbond substituents is 1. The van der Waals surface area contributed by atoms with E-state index in [0.717, 1.165) is 58.8 Å². The predicted molar refractivity (Wildman–Crippen MR) is 385 cm³/mol. The van der Waals surface area contributed by atoms with Gasteiger partial charge in [0.15, 0.2) is 0 Å². The first kappa shape index (κ1) is 87.4. The Morgan fingerprint density at radius 1 is 0.621 bits per heavy atom. The zero-order valence-corrected chi connectivity index (χ0v) is 77.2. The summed E-state index contributed by atoms with van der Waals surface area (Å²) in [5.74, 6) is 4.19. The average molecular weight is 1680 g/mol. The zero-order valence-electron chi connectivity index (χ0n) is 62.5. The Hall–Kier alpha value is 0.0288. The number of halogens is 2. The maximum absolute atomic E-state index is 12.5. The van der Waals surface area contributed by atoms with E-state index in [1.54, 1.807) is 17.0 Å². The minimum atomic E-state index is -0.499. The Labute approximate surface area is 710 Å². The third-order valence-electron chi connectivity index (χ3n) is 19.9. The van der Waals surface area contributed by atoms with E-state index >= 15 is 0 Å². The molecule has 1 unspecified atom stereocenters. The van der Waals surface area contributed by atoms with Crippen LogP contribution >= 0.6 is 31.9 Å². The average Bonchev–Trinajstić information content (AvgIpc) is 1.60. The van der Waals surface area contributed by atoms with Crippen LogP contribution in [0.3, 0.4) is 0 Å². The number of carbonyl (C=O) groups is 2. The summed E-state index contributed by atoms with van der Waals surface area (Å²) < 4.78 is 25.2. The van der Waals surface area contributed by atoms with Gasteiger partial charge in [-0.25, -0.2) is 4.79 Å². The van der Waals surface area contributed by atoms with Crippen molar-refractivity contribution in [2.24, 2.45) is 23.7 Å². The van der Waals surface area contributed by atoms with Gasteiger partial charge in [0.25, 0.3) is 6.47 Å². The van der Waals surface area contributed by atoms with Crippen molar-refractivity contribution in [2.75, 3.05) is 87.7 Å². The van der Waals surface area contributed by atoms with Crippen molar-refractivity contribution in [1.82, 2.24) is 29.4 Å². The van der Waals surface area contributed by atoms with E-state index in [1.165, 1.54) is 125 Å². The Morgan fingerprint density at radius 3 is 1.52 bits per heavy atom. The van der Waals surface area contributed by atoms with E-state index in [4.69, 9.17) is 28.8 Å². The first-order chi connectivity index (χ1) is 44.0. The number of likely N-dealkylation sites (N-methyl/N-ethyl adjacent to an activating group) is 1. The van der Waals surface area contributed by atoms with Crippen molar-refractivity contribution >= 4 is 57.0 Å². The Balaban J connectivity index is 0.000000314. The fraction of sp³-hybridized carbons (Fsp3) is 0.653. The van der Waals surface area contributed by atoms with Crippen molar-refractivity contribution in [1.29, 1.82) is 0 Å². The molecule has 520 valence electrons. The molecule has 20 heteroatoms. The number of hydrogen-bond acceptors (Lipinski definition) is 14. The molecule has 1 N–H and O–H groups in total.